The van der Waals surface area contributed by atoms with Crippen molar-refractivity contribution in [3.05, 3.63) is 30.8 Å². The van der Waals surface area contributed by atoms with Gasteiger partial charge in [0.25, 0.3) is 0 Å². The number of benzene rings is 1. The molecule has 2 amide bonds. The van der Waals surface area contributed by atoms with Crippen LogP contribution in [0.3, 0.4) is 0 Å². The number of carbonyl (C=O) groups excluding carboxylic acids is 2. The summed E-state index contributed by atoms with van der Waals surface area (Å²) in [6.07, 6.45) is 0.789. The van der Waals surface area contributed by atoms with Crippen molar-refractivity contribution in [2.24, 2.45) is 0 Å². The molecule has 0 spiro atoms. The first kappa shape index (κ1) is 26.6. The zero-order valence-electron chi connectivity index (χ0n) is 17.5. The van der Waals surface area contributed by atoms with Crippen molar-refractivity contribution in [1.29, 1.82) is 0 Å². The Morgan fingerprint density at radius 3 is 2.48 bits per heavy atom. The number of carbonyl (C=O) groups is 2. The van der Waals surface area contributed by atoms with Gasteiger partial charge in [-0.25, -0.2) is 17.9 Å². The van der Waals surface area contributed by atoms with Crippen LogP contribution in [0.15, 0.2) is 16.6 Å². The second-order valence-corrected chi connectivity index (χ2v) is 12.5. The molecular formula is C19H26BrClIN3O5S. The summed E-state index contributed by atoms with van der Waals surface area (Å²) in [5.74, 6) is -0.672. The lowest BCUT2D eigenvalue weighted by molar-refractivity contribution is -0.120. The van der Waals surface area contributed by atoms with E-state index < -0.39 is 21.5 Å². The van der Waals surface area contributed by atoms with E-state index in [1.807, 2.05) is 43.4 Å². The van der Waals surface area contributed by atoms with E-state index in [4.69, 9.17) is 16.3 Å². The van der Waals surface area contributed by atoms with E-state index in [0.717, 1.165) is 3.57 Å². The molecule has 2 rings (SSSR count). The van der Waals surface area contributed by atoms with Gasteiger partial charge in [0.05, 0.1) is 17.3 Å². The van der Waals surface area contributed by atoms with Crippen LogP contribution in [0, 0.1) is 3.57 Å². The lowest BCUT2D eigenvalue weighted by atomic mass is 10.1. The first-order valence-corrected chi connectivity index (χ1v) is 13.5. The first-order valence-electron chi connectivity index (χ1n) is 9.64. The maximum absolute atomic E-state index is 12.4. The molecule has 31 heavy (non-hydrogen) atoms. The van der Waals surface area contributed by atoms with Gasteiger partial charge in [0.2, 0.25) is 15.9 Å². The molecule has 0 unspecified atom stereocenters. The van der Waals surface area contributed by atoms with Crippen LogP contribution in [0.25, 0.3) is 0 Å². The van der Waals surface area contributed by atoms with E-state index in [2.05, 4.69) is 26.0 Å². The summed E-state index contributed by atoms with van der Waals surface area (Å²) in [4.78, 5) is 25.9. The van der Waals surface area contributed by atoms with Gasteiger partial charge in [-0.3, -0.25) is 4.79 Å². The maximum atomic E-state index is 12.4. The molecule has 1 fully saturated rings. The SMILES string of the molecule is CC(C)(C)OC(=O)N1CCC(NC(=O)CNS(=O)(=O)Cc2cc(Br)c(Cl)cc2I)CC1. The molecule has 12 heteroatoms. The number of nitrogens with one attached hydrogen (secondary N) is 2. The van der Waals surface area contributed by atoms with Gasteiger partial charge in [-0.1, -0.05) is 11.6 Å². The average Bonchev–Trinajstić information content (AvgIpc) is 2.63. The Balaban J connectivity index is 1.79. The highest BCUT2D eigenvalue weighted by Crippen LogP contribution is 2.28. The second kappa shape index (κ2) is 11.0. The smallest absolute Gasteiger partial charge is 0.410 e. The standard InChI is InChI=1S/C19H26BrClIN3O5S/c1-19(2,3)30-18(27)25-6-4-13(5-7-25)24-17(26)10-23-31(28,29)11-12-8-14(20)15(21)9-16(12)22/h8-9,13,23H,4-7,10-11H2,1-3H3,(H,24,26). The van der Waals surface area contributed by atoms with E-state index in [9.17, 15) is 18.0 Å². The Labute approximate surface area is 210 Å². The highest BCUT2D eigenvalue weighted by molar-refractivity contribution is 14.1. The monoisotopic (exact) mass is 649 g/mol. The summed E-state index contributed by atoms with van der Waals surface area (Å²) >= 11 is 11.3. The van der Waals surface area contributed by atoms with Crippen molar-refractivity contribution in [2.75, 3.05) is 19.6 Å². The molecule has 1 aromatic rings. The number of halogens is 3. The van der Waals surface area contributed by atoms with Gasteiger partial charge in [-0.15, -0.1) is 0 Å². The number of rotatable bonds is 6. The molecule has 0 aliphatic carbocycles. The van der Waals surface area contributed by atoms with Crippen molar-refractivity contribution in [2.45, 2.75) is 51.0 Å². The third kappa shape index (κ3) is 9.03. The Hall–Kier alpha value is -0.630. The topological polar surface area (TPSA) is 105 Å². The minimum absolute atomic E-state index is 0.121. The second-order valence-electron chi connectivity index (χ2n) is 8.25. The molecule has 1 aliphatic heterocycles. The molecule has 0 aromatic heterocycles. The van der Waals surface area contributed by atoms with Crippen molar-refractivity contribution in [3.8, 4) is 0 Å². The number of hydrogen-bond donors (Lipinski definition) is 2. The van der Waals surface area contributed by atoms with Crippen LogP contribution in [0.4, 0.5) is 4.79 Å². The van der Waals surface area contributed by atoms with E-state index in [1.54, 1.807) is 17.0 Å². The number of ether oxygens (including phenoxy) is 1. The zero-order chi connectivity index (χ0) is 23.4. The highest BCUT2D eigenvalue weighted by Gasteiger charge is 2.27. The average molecular weight is 651 g/mol. The van der Waals surface area contributed by atoms with Gasteiger partial charge < -0.3 is 15.0 Å². The number of nitrogens with zero attached hydrogens (tertiary/aromatic N) is 1. The summed E-state index contributed by atoms with van der Waals surface area (Å²) in [5, 5.41) is 3.32. The summed E-state index contributed by atoms with van der Waals surface area (Å²) in [5.41, 5.74) is 0.0266. The molecule has 8 nitrogen and oxygen atoms in total. The molecule has 1 heterocycles. The van der Waals surface area contributed by atoms with Crippen LogP contribution in [-0.4, -0.2) is 56.6 Å². The molecule has 0 bridgehead atoms. The van der Waals surface area contributed by atoms with Crippen LogP contribution >= 0.6 is 50.1 Å². The number of piperidine rings is 1. The van der Waals surface area contributed by atoms with E-state index in [1.165, 1.54) is 0 Å². The lowest BCUT2D eigenvalue weighted by Crippen LogP contribution is -2.49. The molecule has 0 atom stereocenters. The fourth-order valence-electron chi connectivity index (χ4n) is 2.92. The van der Waals surface area contributed by atoms with Crippen LogP contribution < -0.4 is 10.0 Å². The van der Waals surface area contributed by atoms with Crippen molar-refractivity contribution >= 4 is 72.1 Å². The lowest BCUT2D eigenvalue weighted by Gasteiger charge is -2.33. The van der Waals surface area contributed by atoms with Gasteiger partial charge in [0, 0.05) is 27.2 Å². The largest absolute Gasteiger partial charge is 0.444 e. The molecule has 1 aromatic carbocycles. The zero-order valence-corrected chi connectivity index (χ0v) is 22.8. The predicted molar refractivity (Wildman–Crippen MR) is 131 cm³/mol. The minimum Gasteiger partial charge on any atom is -0.444 e. The molecule has 1 saturated heterocycles. The fraction of sp³-hybridized carbons (Fsp3) is 0.579. The number of amides is 2. The van der Waals surface area contributed by atoms with Crippen LogP contribution in [0.5, 0.6) is 0 Å². The Morgan fingerprint density at radius 2 is 1.90 bits per heavy atom. The summed E-state index contributed by atoms with van der Waals surface area (Å²) in [7, 11) is -3.71. The number of likely N-dealkylation sites (tertiary alicyclic amines) is 1. The van der Waals surface area contributed by atoms with E-state index in [0.29, 0.717) is 41.0 Å². The Morgan fingerprint density at radius 1 is 1.29 bits per heavy atom. The Bertz CT molecular complexity index is 931. The fourth-order valence-corrected chi connectivity index (χ4v) is 5.67. The molecule has 2 N–H and O–H groups in total. The van der Waals surface area contributed by atoms with Crippen LogP contribution in [0.2, 0.25) is 5.02 Å². The maximum Gasteiger partial charge on any atom is 0.410 e. The van der Waals surface area contributed by atoms with Crippen molar-refractivity contribution < 1.29 is 22.7 Å². The van der Waals surface area contributed by atoms with E-state index in [-0.39, 0.29) is 24.4 Å². The summed E-state index contributed by atoms with van der Waals surface area (Å²) < 4.78 is 33.8. The molecule has 174 valence electrons. The third-order valence-electron chi connectivity index (χ3n) is 4.40. The van der Waals surface area contributed by atoms with Crippen molar-refractivity contribution in [1.82, 2.24) is 14.9 Å². The van der Waals surface area contributed by atoms with Gasteiger partial charge >= 0.3 is 6.09 Å². The first-order chi connectivity index (χ1) is 14.3. The molecule has 0 saturated carbocycles. The van der Waals surface area contributed by atoms with Gasteiger partial charge in [-0.2, -0.15) is 0 Å². The highest BCUT2D eigenvalue weighted by atomic mass is 127. The quantitative estimate of drug-likeness (QED) is 0.362. The molecule has 0 radical (unpaired) electrons. The summed E-state index contributed by atoms with van der Waals surface area (Å²) in [6, 6.07) is 3.21. The number of hydrogen-bond acceptors (Lipinski definition) is 5. The number of sulfonamides is 1. The van der Waals surface area contributed by atoms with Crippen LogP contribution in [-0.2, 0) is 25.3 Å². The molecule has 1 aliphatic rings. The van der Waals surface area contributed by atoms with E-state index >= 15 is 0 Å². The third-order valence-corrected chi connectivity index (χ3v) is 7.88. The van der Waals surface area contributed by atoms with Crippen LogP contribution in [0.1, 0.15) is 39.2 Å². The van der Waals surface area contributed by atoms with Gasteiger partial charge in [0.15, 0.2) is 0 Å². The van der Waals surface area contributed by atoms with Crippen molar-refractivity contribution in [3.63, 3.8) is 0 Å². The minimum atomic E-state index is -3.71. The molecular weight excluding hydrogens is 625 g/mol. The summed E-state index contributed by atoms with van der Waals surface area (Å²) in [6.45, 7) is 6.02. The predicted octanol–water partition coefficient (Wildman–Crippen LogP) is 3.64. The van der Waals surface area contributed by atoms with Gasteiger partial charge in [-0.05, 0) is 89.8 Å². The normalized spacial score (nSPS) is 15.6. The Kier molecular flexibility index (Phi) is 9.44. The van der Waals surface area contributed by atoms with Gasteiger partial charge in [0.1, 0.15) is 5.60 Å².